The first-order valence-corrected chi connectivity index (χ1v) is 12.0. The lowest BCUT2D eigenvalue weighted by Crippen LogP contribution is -2.48. The largest absolute Gasteiger partial charge is 0.497 e. The number of rotatable bonds is 5. The van der Waals surface area contributed by atoms with Crippen LogP contribution in [0.5, 0.6) is 11.5 Å². The zero-order valence-corrected chi connectivity index (χ0v) is 19.9. The van der Waals surface area contributed by atoms with Crippen molar-refractivity contribution in [3.63, 3.8) is 0 Å². The number of anilines is 2. The molecule has 7 nitrogen and oxygen atoms in total. The highest BCUT2D eigenvalue weighted by Gasteiger charge is 2.37. The third-order valence-electron chi connectivity index (χ3n) is 5.36. The third kappa shape index (κ3) is 4.62. The third-order valence-corrected chi connectivity index (χ3v) is 7.57. The van der Waals surface area contributed by atoms with Gasteiger partial charge in [0.1, 0.15) is 11.5 Å². The van der Waals surface area contributed by atoms with Crippen LogP contribution in [0, 0.1) is 13.8 Å². The van der Waals surface area contributed by atoms with Crippen LogP contribution in [0.25, 0.3) is 0 Å². The summed E-state index contributed by atoms with van der Waals surface area (Å²) >= 11 is 6.16. The smallest absolute Gasteiger partial charge is 0.267 e. The highest BCUT2D eigenvalue weighted by Crippen LogP contribution is 2.38. The van der Waals surface area contributed by atoms with Crippen LogP contribution in [-0.4, -0.2) is 34.1 Å². The Kier molecular flexibility index (Phi) is 6.23. The molecule has 1 aliphatic heterocycles. The van der Waals surface area contributed by atoms with Crippen LogP contribution in [-0.2, 0) is 14.8 Å². The Morgan fingerprint density at radius 3 is 2.48 bits per heavy atom. The van der Waals surface area contributed by atoms with Crippen LogP contribution in [0.15, 0.2) is 65.6 Å². The Morgan fingerprint density at radius 2 is 1.82 bits per heavy atom. The molecule has 3 aromatic carbocycles. The van der Waals surface area contributed by atoms with Crippen molar-refractivity contribution in [3.8, 4) is 11.5 Å². The average Bonchev–Trinajstić information content (AvgIpc) is 2.80. The van der Waals surface area contributed by atoms with E-state index in [1.807, 2.05) is 13.8 Å². The lowest BCUT2D eigenvalue weighted by molar-refractivity contribution is -0.122. The zero-order chi connectivity index (χ0) is 23.8. The Balaban J connectivity index is 1.68. The Hall–Kier alpha value is -3.23. The van der Waals surface area contributed by atoms with Gasteiger partial charge in [-0.3, -0.25) is 9.10 Å². The predicted octanol–water partition coefficient (Wildman–Crippen LogP) is 4.56. The van der Waals surface area contributed by atoms with E-state index in [0.29, 0.717) is 27.9 Å². The molecule has 3 aromatic rings. The Morgan fingerprint density at radius 1 is 1.09 bits per heavy atom. The second-order valence-electron chi connectivity index (χ2n) is 7.74. The molecule has 0 bridgehead atoms. The van der Waals surface area contributed by atoms with Crippen molar-refractivity contribution in [2.75, 3.05) is 23.3 Å². The molecule has 0 fully saturated rings. The SMILES string of the molecule is COc1ccc(S(=O)(=O)N2C[C@@H](C(=O)Nc3ccc(C)c(Cl)c3)Oc3cc(C)ccc32)cc1. The molecular formula is C24H23ClN2O5S. The summed E-state index contributed by atoms with van der Waals surface area (Å²) in [5.41, 5.74) is 2.63. The Labute approximate surface area is 197 Å². The zero-order valence-electron chi connectivity index (χ0n) is 18.3. The number of fused-ring (bicyclic) bond motifs is 1. The molecule has 0 aliphatic carbocycles. The lowest BCUT2D eigenvalue weighted by Gasteiger charge is -2.35. The van der Waals surface area contributed by atoms with Gasteiger partial charge in [0.15, 0.2) is 6.10 Å². The van der Waals surface area contributed by atoms with Gasteiger partial charge in [0.25, 0.3) is 15.9 Å². The second kappa shape index (κ2) is 8.96. The van der Waals surface area contributed by atoms with E-state index in [4.69, 9.17) is 21.1 Å². The number of methoxy groups -OCH3 is 1. The van der Waals surface area contributed by atoms with Crippen LogP contribution in [0.3, 0.4) is 0 Å². The molecular weight excluding hydrogens is 464 g/mol. The van der Waals surface area contributed by atoms with Crippen molar-refractivity contribution in [1.82, 2.24) is 0 Å². The van der Waals surface area contributed by atoms with E-state index in [-0.39, 0.29) is 11.4 Å². The van der Waals surface area contributed by atoms with E-state index in [1.165, 1.54) is 23.5 Å². The highest BCUT2D eigenvalue weighted by molar-refractivity contribution is 7.92. The fourth-order valence-corrected chi connectivity index (χ4v) is 5.15. The molecule has 0 unspecified atom stereocenters. The summed E-state index contributed by atoms with van der Waals surface area (Å²) in [6, 6.07) is 16.5. The summed E-state index contributed by atoms with van der Waals surface area (Å²) in [4.78, 5) is 13.1. The maximum Gasteiger partial charge on any atom is 0.267 e. The number of nitrogens with zero attached hydrogens (tertiary/aromatic N) is 1. The lowest BCUT2D eigenvalue weighted by atomic mass is 10.1. The average molecular weight is 487 g/mol. The Bertz CT molecular complexity index is 1310. The maximum atomic E-state index is 13.5. The molecule has 0 spiro atoms. The first kappa shape index (κ1) is 22.9. The van der Waals surface area contributed by atoms with Gasteiger partial charge in [0, 0.05) is 10.7 Å². The quantitative estimate of drug-likeness (QED) is 0.571. The van der Waals surface area contributed by atoms with E-state index < -0.39 is 22.0 Å². The molecule has 1 atom stereocenters. The van der Waals surface area contributed by atoms with Crippen molar-refractivity contribution in [2.24, 2.45) is 0 Å². The van der Waals surface area contributed by atoms with E-state index in [0.717, 1.165) is 11.1 Å². The minimum absolute atomic E-state index is 0.0844. The van der Waals surface area contributed by atoms with E-state index in [2.05, 4.69) is 5.32 Å². The highest BCUT2D eigenvalue weighted by atomic mass is 35.5. The summed E-state index contributed by atoms with van der Waals surface area (Å²) in [6.45, 7) is 3.54. The molecule has 0 saturated heterocycles. The molecule has 1 heterocycles. The summed E-state index contributed by atoms with van der Waals surface area (Å²) in [7, 11) is -2.46. The number of ether oxygens (including phenoxy) is 2. The maximum absolute atomic E-state index is 13.5. The van der Waals surface area contributed by atoms with Gasteiger partial charge in [0.2, 0.25) is 0 Å². The first-order chi connectivity index (χ1) is 15.7. The molecule has 1 aliphatic rings. The molecule has 172 valence electrons. The minimum atomic E-state index is -3.97. The van der Waals surface area contributed by atoms with Crippen molar-refractivity contribution in [2.45, 2.75) is 24.8 Å². The number of halogens is 1. The van der Waals surface area contributed by atoms with Crippen molar-refractivity contribution in [3.05, 3.63) is 76.8 Å². The minimum Gasteiger partial charge on any atom is -0.497 e. The van der Waals surface area contributed by atoms with Crippen LogP contribution in [0.1, 0.15) is 11.1 Å². The van der Waals surface area contributed by atoms with E-state index >= 15 is 0 Å². The number of carbonyl (C=O) groups is 1. The fourth-order valence-electron chi connectivity index (χ4n) is 3.49. The fraction of sp³-hybridized carbons (Fsp3) is 0.208. The van der Waals surface area contributed by atoms with Gasteiger partial charge in [-0.1, -0.05) is 23.7 Å². The molecule has 0 saturated carbocycles. The number of benzene rings is 3. The topological polar surface area (TPSA) is 84.9 Å². The number of carbonyl (C=O) groups excluding carboxylic acids is 1. The molecule has 9 heteroatoms. The summed E-state index contributed by atoms with van der Waals surface area (Å²) < 4.78 is 39.3. The van der Waals surface area contributed by atoms with E-state index in [1.54, 1.807) is 48.5 Å². The molecule has 0 aromatic heterocycles. The van der Waals surface area contributed by atoms with Crippen LogP contribution < -0.4 is 19.1 Å². The van der Waals surface area contributed by atoms with Gasteiger partial charge in [-0.2, -0.15) is 0 Å². The van der Waals surface area contributed by atoms with Gasteiger partial charge in [-0.15, -0.1) is 0 Å². The number of sulfonamides is 1. The molecule has 4 rings (SSSR count). The monoisotopic (exact) mass is 486 g/mol. The number of hydrogen-bond donors (Lipinski definition) is 1. The predicted molar refractivity (Wildman–Crippen MR) is 128 cm³/mol. The van der Waals surface area contributed by atoms with Crippen molar-refractivity contribution < 1.29 is 22.7 Å². The molecule has 0 radical (unpaired) electrons. The van der Waals surface area contributed by atoms with Gasteiger partial charge in [0.05, 0.1) is 24.2 Å². The van der Waals surface area contributed by atoms with Crippen LogP contribution in [0.4, 0.5) is 11.4 Å². The summed E-state index contributed by atoms with van der Waals surface area (Å²) in [6.07, 6.45) is -1.06. The van der Waals surface area contributed by atoms with E-state index in [9.17, 15) is 13.2 Å². The molecule has 1 N–H and O–H groups in total. The van der Waals surface area contributed by atoms with Gasteiger partial charge >= 0.3 is 0 Å². The number of amides is 1. The van der Waals surface area contributed by atoms with Gasteiger partial charge in [-0.25, -0.2) is 8.42 Å². The first-order valence-electron chi connectivity index (χ1n) is 10.2. The number of nitrogens with one attached hydrogen (secondary N) is 1. The summed E-state index contributed by atoms with van der Waals surface area (Å²) in [5.74, 6) is 0.387. The van der Waals surface area contributed by atoms with Gasteiger partial charge < -0.3 is 14.8 Å². The van der Waals surface area contributed by atoms with Crippen LogP contribution >= 0.6 is 11.6 Å². The summed E-state index contributed by atoms with van der Waals surface area (Å²) in [5, 5.41) is 3.28. The normalized spacial score (nSPS) is 15.4. The van der Waals surface area contributed by atoms with Crippen molar-refractivity contribution in [1.29, 1.82) is 0 Å². The number of hydrogen-bond acceptors (Lipinski definition) is 5. The van der Waals surface area contributed by atoms with Crippen molar-refractivity contribution >= 4 is 38.9 Å². The van der Waals surface area contributed by atoms with Gasteiger partial charge in [-0.05, 0) is 73.5 Å². The van der Waals surface area contributed by atoms with Crippen LogP contribution in [0.2, 0.25) is 5.02 Å². The molecule has 33 heavy (non-hydrogen) atoms. The second-order valence-corrected chi connectivity index (χ2v) is 10.0. The number of aryl methyl sites for hydroxylation is 2. The standard InChI is InChI=1S/C24H23ClN2O5S/c1-15-4-11-21-22(12-15)32-23(24(28)26-17-6-5-16(2)20(25)13-17)14-27(21)33(29,30)19-9-7-18(31-3)8-10-19/h4-13,23H,14H2,1-3H3,(H,26,28)/t23-/m0/s1. The molecule has 1 amide bonds.